The second-order valence-corrected chi connectivity index (χ2v) is 6.96. The molecule has 2 aromatic rings. The van der Waals surface area contributed by atoms with Gasteiger partial charge in [-0.1, -0.05) is 18.7 Å². The van der Waals surface area contributed by atoms with Crippen LogP contribution in [0.2, 0.25) is 0 Å². The molecule has 3 rings (SSSR count). The average Bonchev–Trinajstić information content (AvgIpc) is 3.15. The molecule has 1 aliphatic rings. The van der Waals surface area contributed by atoms with Gasteiger partial charge in [0.2, 0.25) is 6.79 Å². The highest BCUT2D eigenvalue weighted by atomic mass is 16.7. The van der Waals surface area contributed by atoms with Crippen molar-refractivity contribution in [2.45, 2.75) is 19.5 Å². The highest BCUT2D eigenvalue weighted by Gasteiger charge is 2.18. The Balaban J connectivity index is 1.47. The van der Waals surface area contributed by atoms with Crippen molar-refractivity contribution in [3.05, 3.63) is 66.2 Å². The number of nitrogens with one attached hydrogen (secondary N) is 2. The van der Waals surface area contributed by atoms with Crippen molar-refractivity contribution in [3.8, 4) is 17.2 Å². The molecule has 6 heteroatoms. The van der Waals surface area contributed by atoms with Gasteiger partial charge in [0.25, 0.3) is 5.91 Å². The van der Waals surface area contributed by atoms with Crippen LogP contribution in [0.1, 0.15) is 24.1 Å². The molecule has 1 amide bonds. The van der Waals surface area contributed by atoms with Gasteiger partial charge in [0.1, 0.15) is 18.9 Å². The molecule has 2 N–H and O–H groups in total. The normalized spacial score (nSPS) is 14.2. The van der Waals surface area contributed by atoms with Crippen molar-refractivity contribution in [1.82, 2.24) is 5.32 Å². The largest absolute Gasteiger partial charge is 0.490 e. The van der Waals surface area contributed by atoms with Gasteiger partial charge >= 0.3 is 0 Å². The highest BCUT2D eigenvalue weighted by Crippen LogP contribution is 2.34. The molecule has 0 aromatic heterocycles. The Morgan fingerprint density at radius 2 is 2.00 bits per heavy atom. The summed E-state index contributed by atoms with van der Waals surface area (Å²) in [4.78, 5) is 13.5. The third kappa shape index (κ3) is 5.27. The summed E-state index contributed by atoms with van der Waals surface area (Å²) in [5.41, 5.74) is 2.14. The molecule has 6 nitrogen and oxygen atoms in total. The summed E-state index contributed by atoms with van der Waals surface area (Å²) in [7, 11) is 2.01. The molecular weight excluding hydrogens is 356 g/mol. The monoisotopic (exact) mass is 383 g/mol. The van der Waals surface area contributed by atoms with Gasteiger partial charge in [-0.25, -0.2) is 0 Å². The second kappa shape index (κ2) is 9.28. The summed E-state index contributed by atoms with van der Waals surface area (Å²) in [6.45, 7) is 7.49. The van der Waals surface area contributed by atoms with E-state index in [0.29, 0.717) is 13.2 Å². The Kier molecular flexibility index (Phi) is 6.55. The molecule has 0 saturated carbocycles. The van der Waals surface area contributed by atoms with Gasteiger partial charge in [0.15, 0.2) is 18.0 Å². The number of rotatable bonds is 9. The van der Waals surface area contributed by atoms with Crippen LogP contribution >= 0.6 is 0 Å². The Bertz CT molecular complexity index is 820. The third-order valence-electron chi connectivity index (χ3n) is 4.53. The Morgan fingerprint density at radius 3 is 2.75 bits per heavy atom. The minimum atomic E-state index is -0.101. The SMILES string of the molecule is C=CCOc1ccc(C[NH+](C)CC(=O)N[C@@H](C)c2ccc3c(c2)OCO3)cc1. The molecule has 0 aliphatic carbocycles. The Hall–Kier alpha value is -2.99. The number of ether oxygens (including phenoxy) is 3. The summed E-state index contributed by atoms with van der Waals surface area (Å²) < 4.78 is 16.2. The first-order valence-electron chi connectivity index (χ1n) is 9.38. The minimum absolute atomic E-state index is 0.00797. The molecule has 1 aliphatic heterocycles. The van der Waals surface area contributed by atoms with Crippen molar-refractivity contribution in [3.63, 3.8) is 0 Å². The zero-order valence-electron chi connectivity index (χ0n) is 16.4. The molecular formula is C22H27N2O4+. The lowest BCUT2D eigenvalue weighted by atomic mass is 10.1. The number of hydrogen-bond donors (Lipinski definition) is 2. The lowest BCUT2D eigenvalue weighted by Gasteiger charge is -2.18. The predicted octanol–water partition coefficient (Wildman–Crippen LogP) is 1.87. The van der Waals surface area contributed by atoms with Gasteiger partial charge in [0.05, 0.1) is 13.1 Å². The maximum Gasteiger partial charge on any atom is 0.275 e. The highest BCUT2D eigenvalue weighted by molar-refractivity contribution is 5.77. The molecule has 2 atom stereocenters. The molecule has 0 fully saturated rings. The quantitative estimate of drug-likeness (QED) is 0.649. The van der Waals surface area contributed by atoms with E-state index in [1.807, 2.05) is 56.4 Å². The maximum atomic E-state index is 12.4. The van der Waals surface area contributed by atoms with Crippen LogP contribution in [0.4, 0.5) is 0 Å². The number of carbonyl (C=O) groups is 1. The smallest absolute Gasteiger partial charge is 0.275 e. The van der Waals surface area contributed by atoms with E-state index in [-0.39, 0.29) is 18.7 Å². The number of hydrogen-bond acceptors (Lipinski definition) is 4. The number of amides is 1. The fraction of sp³-hybridized carbons (Fsp3) is 0.318. The summed E-state index contributed by atoms with van der Waals surface area (Å²) in [6.07, 6.45) is 1.72. The first-order valence-corrected chi connectivity index (χ1v) is 9.38. The van der Waals surface area contributed by atoms with Crippen LogP contribution in [0.3, 0.4) is 0 Å². The van der Waals surface area contributed by atoms with Crippen LogP contribution < -0.4 is 24.4 Å². The summed E-state index contributed by atoms with van der Waals surface area (Å²) >= 11 is 0. The zero-order chi connectivity index (χ0) is 19.9. The number of carbonyl (C=O) groups excluding carboxylic acids is 1. The standard InChI is InChI=1S/C22H26N2O4/c1-4-11-26-19-8-5-17(6-9-19)13-24(3)14-22(25)23-16(2)18-7-10-20-21(12-18)28-15-27-20/h4-10,12,16H,1,11,13-15H2,2-3H3,(H,23,25)/p+1/t16-/m0/s1. The molecule has 0 saturated heterocycles. The van der Waals surface area contributed by atoms with Crippen molar-refractivity contribution < 1.29 is 23.9 Å². The van der Waals surface area contributed by atoms with Crippen LogP contribution in [0, 0.1) is 0 Å². The first-order chi connectivity index (χ1) is 13.5. The molecule has 1 unspecified atom stereocenters. The van der Waals surface area contributed by atoms with E-state index >= 15 is 0 Å². The van der Waals surface area contributed by atoms with Gasteiger partial charge in [-0.05, 0) is 48.9 Å². The number of likely N-dealkylation sites (N-methyl/N-ethyl adjacent to an activating group) is 1. The lowest BCUT2D eigenvalue weighted by molar-refractivity contribution is -0.885. The van der Waals surface area contributed by atoms with Gasteiger partial charge in [0, 0.05) is 5.56 Å². The van der Waals surface area contributed by atoms with E-state index in [9.17, 15) is 4.79 Å². The van der Waals surface area contributed by atoms with Crippen molar-refractivity contribution in [2.75, 3.05) is 27.0 Å². The van der Waals surface area contributed by atoms with E-state index in [0.717, 1.165) is 39.8 Å². The number of quaternary nitrogens is 1. The predicted molar refractivity (Wildman–Crippen MR) is 107 cm³/mol. The fourth-order valence-corrected chi connectivity index (χ4v) is 3.10. The molecule has 0 bridgehead atoms. The van der Waals surface area contributed by atoms with E-state index in [4.69, 9.17) is 14.2 Å². The van der Waals surface area contributed by atoms with Crippen LogP contribution in [-0.4, -0.2) is 32.9 Å². The molecule has 1 heterocycles. The molecule has 0 spiro atoms. The average molecular weight is 383 g/mol. The van der Waals surface area contributed by atoms with Crippen LogP contribution in [0.5, 0.6) is 17.2 Å². The van der Waals surface area contributed by atoms with Gasteiger partial charge in [-0.15, -0.1) is 0 Å². The van der Waals surface area contributed by atoms with E-state index in [2.05, 4.69) is 11.9 Å². The number of benzene rings is 2. The van der Waals surface area contributed by atoms with E-state index < -0.39 is 0 Å². The van der Waals surface area contributed by atoms with Crippen LogP contribution in [0.15, 0.2) is 55.1 Å². The summed E-state index contributed by atoms with van der Waals surface area (Å²) in [6, 6.07) is 13.6. The molecule has 0 radical (unpaired) electrons. The Morgan fingerprint density at radius 1 is 1.25 bits per heavy atom. The van der Waals surface area contributed by atoms with Crippen molar-refractivity contribution in [1.29, 1.82) is 0 Å². The van der Waals surface area contributed by atoms with Crippen LogP contribution in [-0.2, 0) is 11.3 Å². The van der Waals surface area contributed by atoms with E-state index in [1.165, 1.54) is 0 Å². The first kappa shape index (κ1) is 19.8. The Labute approximate surface area is 165 Å². The number of fused-ring (bicyclic) bond motifs is 1. The molecule has 148 valence electrons. The summed E-state index contributed by atoms with van der Waals surface area (Å²) in [5, 5.41) is 3.05. The molecule has 28 heavy (non-hydrogen) atoms. The topological polar surface area (TPSA) is 61.2 Å². The van der Waals surface area contributed by atoms with Gasteiger partial charge in [-0.3, -0.25) is 4.79 Å². The third-order valence-corrected chi connectivity index (χ3v) is 4.53. The maximum absolute atomic E-state index is 12.4. The van der Waals surface area contributed by atoms with Gasteiger partial charge < -0.3 is 24.4 Å². The lowest BCUT2D eigenvalue weighted by Crippen LogP contribution is -3.08. The summed E-state index contributed by atoms with van der Waals surface area (Å²) in [5.74, 6) is 2.29. The minimum Gasteiger partial charge on any atom is -0.490 e. The second-order valence-electron chi connectivity index (χ2n) is 6.96. The van der Waals surface area contributed by atoms with Crippen molar-refractivity contribution in [2.24, 2.45) is 0 Å². The van der Waals surface area contributed by atoms with Crippen LogP contribution in [0.25, 0.3) is 0 Å². The fourth-order valence-electron chi connectivity index (χ4n) is 3.10. The van der Waals surface area contributed by atoms with E-state index in [1.54, 1.807) is 6.08 Å². The zero-order valence-corrected chi connectivity index (χ0v) is 16.4. The van der Waals surface area contributed by atoms with Gasteiger partial charge in [-0.2, -0.15) is 0 Å². The molecule has 2 aromatic carbocycles. The van der Waals surface area contributed by atoms with Crippen molar-refractivity contribution >= 4 is 5.91 Å².